The Morgan fingerprint density at radius 2 is 2.24 bits per heavy atom. The van der Waals surface area contributed by atoms with Crippen LogP contribution in [0.3, 0.4) is 0 Å². The highest BCUT2D eigenvalue weighted by atomic mass is 79.9. The number of aliphatic hydroxyl groups excluding tert-OH is 1. The summed E-state index contributed by atoms with van der Waals surface area (Å²) < 4.78 is 6.50. The maximum absolute atomic E-state index is 9.65. The van der Waals surface area contributed by atoms with Gasteiger partial charge in [0.1, 0.15) is 0 Å². The number of nitrogens with one attached hydrogen (secondary N) is 1. The Balaban J connectivity index is 2.05. The number of hydrogen-bond acceptors (Lipinski definition) is 4. The summed E-state index contributed by atoms with van der Waals surface area (Å²) in [6.07, 6.45) is -0.434. The summed E-state index contributed by atoms with van der Waals surface area (Å²) >= 11 is 5.09. The van der Waals surface area contributed by atoms with Gasteiger partial charge in [0.2, 0.25) is 0 Å². The SMILES string of the molecule is CC(C)COCC(O)CNCc1csc(Br)c1. The van der Waals surface area contributed by atoms with Crippen molar-refractivity contribution in [2.45, 2.75) is 26.5 Å². The standard InChI is InChI=1S/C12H20BrNO2S/c1-9(2)6-16-7-11(15)5-14-4-10-3-12(13)17-8-10/h3,8-9,11,14-15H,4-7H2,1-2H3. The minimum atomic E-state index is -0.434. The van der Waals surface area contributed by atoms with Crippen molar-refractivity contribution >= 4 is 27.3 Å². The Bertz CT molecular complexity index is 317. The molecule has 0 aliphatic carbocycles. The van der Waals surface area contributed by atoms with E-state index in [4.69, 9.17) is 4.74 Å². The monoisotopic (exact) mass is 321 g/mol. The fourth-order valence-corrected chi connectivity index (χ4v) is 2.53. The first-order valence-corrected chi connectivity index (χ1v) is 7.44. The lowest BCUT2D eigenvalue weighted by Gasteiger charge is -2.13. The molecule has 1 rings (SSSR count). The van der Waals surface area contributed by atoms with Gasteiger partial charge < -0.3 is 15.2 Å². The minimum Gasteiger partial charge on any atom is -0.389 e. The molecule has 17 heavy (non-hydrogen) atoms. The maximum Gasteiger partial charge on any atom is 0.0897 e. The number of rotatable bonds is 8. The van der Waals surface area contributed by atoms with Crippen molar-refractivity contribution in [2.75, 3.05) is 19.8 Å². The number of thiophene rings is 1. The Labute approximate surface area is 115 Å². The highest BCUT2D eigenvalue weighted by Crippen LogP contribution is 2.20. The topological polar surface area (TPSA) is 41.5 Å². The van der Waals surface area contributed by atoms with Crippen LogP contribution >= 0.6 is 27.3 Å². The van der Waals surface area contributed by atoms with Gasteiger partial charge in [-0.25, -0.2) is 0 Å². The molecular formula is C12H20BrNO2S. The van der Waals surface area contributed by atoms with Gasteiger partial charge in [0.05, 0.1) is 16.5 Å². The maximum atomic E-state index is 9.65. The predicted octanol–water partition coefficient (Wildman–Crippen LogP) is 2.63. The van der Waals surface area contributed by atoms with Crippen molar-refractivity contribution in [2.24, 2.45) is 5.92 Å². The first kappa shape index (κ1) is 15.1. The highest BCUT2D eigenvalue weighted by Gasteiger charge is 2.05. The minimum absolute atomic E-state index is 0.401. The normalized spacial score (nSPS) is 13.2. The first-order chi connectivity index (χ1) is 8.08. The van der Waals surface area contributed by atoms with Gasteiger partial charge in [-0.05, 0) is 38.9 Å². The molecule has 0 aliphatic heterocycles. The van der Waals surface area contributed by atoms with Crippen LogP contribution in [-0.2, 0) is 11.3 Å². The molecule has 1 heterocycles. The van der Waals surface area contributed by atoms with Crippen LogP contribution in [0.1, 0.15) is 19.4 Å². The number of aliphatic hydroxyl groups is 1. The van der Waals surface area contributed by atoms with Gasteiger partial charge in [-0.15, -0.1) is 11.3 Å². The molecule has 0 saturated heterocycles. The van der Waals surface area contributed by atoms with Crippen LogP contribution in [0.15, 0.2) is 15.2 Å². The molecule has 1 unspecified atom stereocenters. The van der Waals surface area contributed by atoms with E-state index < -0.39 is 6.10 Å². The highest BCUT2D eigenvalue weighted by molar-refractivity contribution is 9.11. The molecule has 1 aromatic rings. The molecule has 1 aromatic heterocycles. The number of ether oxygens (including phenoxy) is 1. The van der Waals surface area contributed by atoms with Crippen molar-refractivity contribution in [1.82, 2.24) is 5.32 Å². The van der Waals surface area contributed by atoms with Crippen LogP contribution in [0.4, 0.5) is 0 Å². The third kappa shape index (κ3) is 7.16. The van der Waals surface area contributed by atoms with Crippen molar-refractivity contribution in [3.63, 3.8) is 0 Å². The van der Waals surface area contributed by atoms with Crippen LogP contribution in [0.2, 0.25) is 0 Å². The van der Waals surface area contributed by atoms with E-state index in [1.807, 2.05) is 0 Å². The van der Waals surface area contributed by atoms with Crippen molar-refractivity contribution in [3.05, 3.63) is 20.8 Å². The third-order valence-corrected chi connectivity index (χ3v) is 3.65. The number of hydrogen-bond donors (Lipinski definition) is 2. The van der Waals surface area contributed by atoms with Crippen molar-refractivity contribution in [1.29, 1.82) is 0 Å². The molecular weight excluding hydrogens is 302 g/mol. The Morgan fingerprint density at radius 3 is 2.82 bits per heavy atom. The van der Waals surface area contributed by atoms with Crippen LogP contribution in [0.25, 0.3) is 0 Å². The van der Waals surface area contributed by atoms with E-state index >= 15 is 0 Å². The predicted molar refractivity (Wildman–Crippen MR) is 75.4 cm³/mol. The molecule has 2 N–H and O–H groups in total. The molecule has 0 fully saturated rings. The average Bonchev–Trinajstić information content (AvgIpc) is 2.63. The van der Waals surface area contributed by atoms with Gasteiger partial charge in [-0.2, -0.15) is 0 Å². The van der Waals surface area contributed by atoms with E-state index in [9.17, 15) is 5.11 Å². The van der Waals surface area contributed by atoms with Gasteiger partial charge in [-0.1, -0.05) is 13.8 Å². The molecule has 3 nitrogen and oxygen atoms in total. The number of halogens is 1. The van der Waals surface area contributed by atoms with Crippen LogP contribution < -0.4 is 5.32 Å². The zero-order valence-electron chi connectivity index (χ0n) is 10.3. The molecule has 0 radical (unpaired) electrons. The summed E-state index contributed by atoms with van der Waals surface area (Å²) in [7, 11) is 0. The zero-order valence-corrected chi connectivity index (χ0v) is 12.7. The summed E-state index contributed by atoms with van der Waals surface area (Å²) in [6.45, 7) is 6.64. The second-order valence-electron chi connectivity index (χ2n) is 4.48. The Kier molecular flexibility index (Phi) is 7.30. The summed E-state index contributed by atoms with van der Waals surface area (Å²) in [5.74, 6) is 0.512. The van der Waals surface area contributed by atoms with E-state index in [1.165, 1.54) is 5.56 Å². The molecule has 0 aromatic carbocycles. The fraction of sp³-hybridized carbons (Fsp3) is 0.667. The molecule has 98 valence electrons. The molecule has 0 aliphatic rings. The smallest absolute Gasteiger partial charge is 0.0897 e. The van der Waals surface area contributed by atoms with E-state index in [0.29, 0.717) is 25.7 Å². The molecule has 0 amide bonds. The molecule has 5 heteroatoms. The lowest BCUT2D eigenvalue weighted by Crippen LogP contribution is -2.30. The third-order valence-electron chi connectivity index (χ3n) is 2.09. The van der Waals surface area contributed by atoms with E-state index in [1.54, 1.807) is 11.3 Å². The average molecular weight is 322 g/mol. The lowest BCUT2D eigenvalue weighted by atomic mass is 10.2. The Hall–Kier alpha value is 0.0600. The van der Waals surface area contributed by atoms with Crippen LogP contribution in [0, 0.1) is 5.92 Å². The quantitative estimate of drug-likeness (QED) is 0.773. The summed E-state index contributed by atoms with van der Waals surface area (Å²) in [6, 6.07) is 2.08. The van der Waals surface area contributed by atoms with Gasteiger partial charge in [0.15, 0.2) is 0 Å². The second kappa shape index (κ2) is 8.21. The fourth-order valence-electron chi connectivity index (χ4n) is 1.32. The zero-order chi connectivity index (χ0) is 12.7. The van der Waals surface area contributed by atoms with Gasteiger partial charge in [0.25, 0.3) is 0 Å². The lowest BCUT2D eigenvalue weighted by molar-refractivity contribution is 0.0260. The van der Waals surface area contributed by atoms with Crippen LogP contribution in [-0.4, -0.2) is 31.0 Å². The van der Waals surface area contributed by atoms with Gasteiger partial charge in [-0.3, -0.25) is 0 Å². The van der Waals surface area contributed by atoms with Crippen molar-refractivity contribution < 1.29 is 9.84 Å². The van der Waals surface area contributed by atoms with E-state index in [0.717, 1.165) is 10.3 Å². The van der Waals surface area contributed by atoms with Gasteiger partial charge in [0, 0.05) is 19.7 Å². The Morgan fingerprint density at radius 1 is 1.47 bits per heavy atom. The first-order valence-electron chi connectivity index (χ1n) is 5.77. The van der Waals surface area contributed by atoms with E-state index in [2.05, 4.69) is 46.5 Å². The van der Waals surface area contributed by atoms with Crippen LogP contribution in [0.5, 0.6) is 0 Å². The largest absolute Gasteiger partial charge is 0.389 e. The molecule has 0 saturated carbocycles. The summed E-state index contributed by atoms with van der Waals surface area (Å²) in [4.78, 5) is 0. The summed E-state index contributed by atoms with van der Waals surface area (Å²) in [5, 5.41) is 15.0. The second-order valence-corrected chi connectivity index (χ2v) is 6.77. The van der Waals surface area contributed by atoms with Gasteiger partial charge >= 0.3 is 0 Å². The van der Waals surface area contributed by atoms with Crippen molar-refractivity contribution in [3.8, 4) is 0 Å². The molecule has 1 atom stereocenters. The molecule has 0 bridgehead atoms. The summed E-state index contributed by atoms with van der Waals surface area (Å²) in [5.41, 5.74) is 1.23. The molecule has 0 spiro atoms. The van der Waals surface area contributed by atoms with E-state index in [-0.39, 0.29) is 0 Å².